The van der Waals surface area contributed by atoms with Gasteiger partial charge in [0.05, 0.1) is 12.1 Å². The van der Waals surface area contributed by atoms with Crippen LogP contribution >= 0.6 is 22.9 Å². The summed E-state index contributed by atoms with van der Waals surface area (Å²) in [5.74, 6) is 1.02. The molecule has 1 N–H and O–H groups in total. The molecule has 26 heavy (non-hydrogen) atoms. The molecule has 0 fully saturated rings. The minimum atomic E-state index is -0.302. The Morgan fingerprint density at radius 2 is 2.00 bits per heavy atom. The maximum atomic E-state index is 12.3. The number of amides is 1. The van der Waals surface area contributed by atoms with Gasteiger partial charge < -0.3 is 14.8 Å². The van der Waals surface area contributed by atoms with Crippen LogP contribution in [0, 0.1) is 6.92 Å². The van der Waals surface area contributed by atoms with E-state index in [1.54, 1.807) is 23.6 Å². The maximum absolute atomic E-state index is 12.3. The molecule has 5 nitrogen and oxygen atoms in total. The molecule has 0 bridgehead atoms. The van der Waals surface area contributed by atoms with Crippen LogP contribution in [0.4, 0.5) is 5.69 Å². The third-order valence-corrected chi connectivity index (χ3v) is 4.70. The Morgan fingerprint density at radius 1 is 1.23 bits per heavy atom. The lowest BCUT2D eigenvalue weighted by atomic mass is 10.2. The topological polar surface area (TPSA) is 60.5 Å². The van der Waals surface area contributed by atoms with Gasteiger partial charge in [0.25, 0.3) is 5.91 Å². The molecule has 1 amide bonds. The van der Waals surface area contributed by atoms with E-state index in [1.165, 1.54) is 24.0 Å². The number of anilines is 1. The van der Waals surface area contributed by atoms with Crippen molar-refractivity contribution in [1.29, 1.82) is 0 Å². The van der Waals surface area contributed by atoms with Gasteiger partial charge in [-0.15, -0.1) is 11.3 Å². The van der Waals surface area contributed by atoms with Crippen LogP contribution in [0.2, 0.25) is 5.02 Å². The number of nitrogens with zero attached hydrogens (tertiary/aromatic N) is 1. The molecule has 134 valence electrons. The molecule has 0 saturated carbocycles. The van der Waals surface area contributed by atoms with Crippen LogP contribution in [0.25, 0.3) is 0 Å². The minimum absolute atomic E-state index is 0.302. The zero-order valence-electron chi connectivity index (χ0n) is 14.3. The second-order valence-corrected chi connectivity index (χ2v) is 6.88. The highest BCUT2D eigenvalue weighted by atomic mass is 35.5. The van der Waals surface area contributed by atoms with Gasteiger partial charge in [-0.25, -0.2) is 4.98 Å². The zero-order valence-corrected chi connectivity index (χ0v) is 15.9. The number of aromatic nitrogens is 1. The van der Waals surface area contributed by atoms with Gasteiger partial charge in [0.2, 0.25) is 0 Å². The number of ether oxygens (including phenoxy) is 2. The first-order chi connectivity index (χ1) is 12.5. The second-order valence-electron chi connectivity index (χ2n) is 5.53. The van der Waals surface area contributed by atoms with Crippen molar-refractivity contribution in [3.8, 4) is 11.5 Å². The van der Waals surface area contributed by atoms with Crippen LogP contribution in [0.15, 0.2) is 47.8 Å². The number of benzene rings is 2. The number of methoxy groups -OCH3 is 1. The Morgan fingerprint density at radius 3 is 2.69 bits per heavy atom. The van der Waals surface area contributed by atoms with E-state index >= 15 is 0 Å². The van der Waals surface area contributed by atoms with Gasteiger partial charge in [0.1, 0.15) is 28.8 Å². The fourth-order valence-electron chi connectivity index (χ4n) is 2.20. The highest BCUT2D eigenvalue weighted by molar-refractivity contribution is 7.09. The van der Waals surface area contributed by atoms with E-state index in [1.807, 2.05) is 31.2 Å². The molecule has 0 aliphatic carbocycles. The van der Waals surface area contributed by atoms with Crippen molar-refractivity contribution in [2.75, 3.05) is 12.4 Å². The molecule has 2 aromatic carbocycles. The van der Waals surface area contributed by atoms with Crippen molar-refractivity contribution in [1.82, 2.24) is 4.98 Å². The van der Waals surface area contributed by atoms with Crippen molar-refractivity contribution in [3.63, 3.8) is 0 Å². The maximum Gasteiger partial charge on any atom is 0.275 e. The Bertz CT molecular complexity index is 909. The molecule has 0 aliphatic heterocycles. The normalized spacial score (nSPS) is 10.4. The summed E-state index contributed by atoms with van der Waals surface area (Å²) in [6.45, 7) is 2.33. The summed E-state index contributed by atoms with van der Waals surface area (Å²) < 4.78 is 10.8. The van der Waals surface area contributed by atoms with Gasteiger partial charge in [-0.3, -0.25) is 4.79 Å². The molecular weight excluding hydrogens is 372 g/mol. The number of carbonyl (C=O) groups excluding carboxylic acids is 1. The van der Waals surface area contributed by atoms with Gasteiger partial charge >= 0.3 is 0 Å². The number of thiazole rings is 1. The lowest BCUT2D eigenvalue weighted by Gasteiger charge is -2.07. The number of hydrogen-bond donors (Lipinski definition) is 1. The van der Waals surface area contributed by atoms with E-state index in [4.69, 9.17) is 21.1 Å². The number of rotatable bonds is 6. The quantitative estimate of drug-likeness (QED) is 0.649. The Kier molecular flexibility index (Phi) is 5.75. The van der Waals surface area contributed by atoms with Crippen molar-refractivity contribution in [2.24, 2.45) is 0 Å². The average Bonchev–Trinajstić information content (AvgIpc) is 3.11. The van der Waals surface area contributed by atoms with Crippen molar-refractivity contribution in [2.45, 2.75) is 13.5 Å². The summed E-state index contributed by atoms with van der Waals surface area (Å²) in [5.41, 5.74) is 2.08. The summed E-state index contributed by atoms with van der Waals surface area (Å²) in [7, 11) is 1.54. The molecule has 3 rings (SSSR count). The number of hydrogen-bond acceptors (Lipinski definition) is 5. The highest BCUT2D eigenvalue weighted by Crippen LogP contribution is 2.27. The molecule has 7 heteroatoms. The van der Waals surface area contributed by atoms with Gasteiger partial charge in [-0.05, 0) is 37.3 Å². The second kappa shape index (κ2) is 8.21. The van der Waals surface area contributed by atoms with Crippen LogP contribution < -0.4 is 14.8 Å². The van der Waals surface area contributed by atoms with E-state index in [0.717, 1.165) is 10.8 Å². The largest absolute Gasteiger partial charge is 0.495 e. The molecule has 0 atom stereocenters. The number of nitrogens with one attached hydrogen (secondary N) is 1. The van der Waals surface area contributed by atoms with Crippen molar-refractivity contribution < 1.29 is 14.3 Å². The van der Waals surface area contributed by atoms with Crippen LogP contribution in [0.5, 0.6) is 11.5 Å². The van der Waals surface area contributed by atoms with Crippen molar-refractivity contribution in [3.05, 3.63) is 69.1 Å². The van der Waals surface area contributed by atoms with Crippen LogP contribution in [0.3, 0.4) is 0 Å². The van der Waals surface area contributed by atoms with E-state index in [2.05, 4.69) is 10.3 Å². The SMILES string of the molecule is COc1ccc(NC(=O)c2csc(COc3ccc(C)cc3)n2)cc1Cl. The Balaban J connectivity index is 1.60. The molecular formula is C19H17ClN2O3S. The van der Waals surface area contributed by atoms with E-state index < -0.39 is 0 Å². The first kappa shape index (κ1) is 18.2. The third-order valence-electron chi connectivity index (χ3n) is 3.58. The number of carbonyl (C=O) groups is 1. The first-order valence-corrected chi connectivity index (χ1v) is 9.09. The first-order valence-electron chi connectivity index (χ1n) is 7.84. The van der Waals surface area contributed by atoms with Crippen LogP contribution in [0.1, 0.15) is 21.1 Å². The van der Waals surface area contributed by atoms with Crippen LogP contribution in [-0.2, 0) is 6.61 Å². The molecule has 1 heterocycles. The monoisotopic (exact) mass is 388 g/mol. The van der Waals surface area contributed by atoms with Gasteiger partial charge in [0, 0.05) is 11.1 Å². The summed E-state index contributed by atoms with van der Waals surface area (Å²) in [5, 5.41) is 5.62. The Labute approximate surface area is 160 Å². The summed E-state index contributed by atoms with van der Waals surface area (Å²) in [6.07, 6.45) is 0. The molecule has 0 unspecified atom stereocenters. The predicted octanol–water partition coefficient (Wildman–Crippen LogP) is 4.94. The lowest BCUT2D eigenvalue weighted by molar-refractivity contribution is 0.102. The fourth-order valence-corrected chi connectivity index (χ4v) is 3.14. The molecule has 0 spiro atoms. The average molecular weight is 389 g/mol. The zero-order chi connectivity index (χ0) is 18.5. The predicted molar refractivity (Wildman–Crippen MR) is 104 cm³/mol. The lowest BCUT2D eigenvalue weighted by Crippen LogP contribution is -2.12. The smallest absolute Gasteiger partial charge is 0.275 e. The van der Waals surface area contributed by atoms with E-state index in [-0.39, 0.29) is 5.91 Å². The molecule has 3 aromatic rings. The molecule has 0 aliphatic rings. The summed E-state index contributed by atoms with van der Waals surface area (Å²) >= 11 is 7.44. The van der Waals surface area contributed by atoms with E-state index in [9.17, 15) is 4.79 Å². The minimum Gasteiger partial charge on any atom is -0.495 e. The summed E-state index contributed by atoms with van der Waals surface area (Å²) in [4.78, 5) is 16.6. The highest BCUT2D eigenvalue weighted by Gasteiger charge is 2.12. The van der Waals surface area contributed by atoms with Gasteiger partial charge in [-0.1, -0.05) is 29.3 Å². The number of aryl methyl sites for hydroxylation is 1. The fraction of sp³-hybridized carbons (Fsp3) is 0.158. The third kappa shape index (κ3) is 4.53. The van der Waals surface area contributed by atoms with Gasteiger partial charge in [-0.2, -0.15) is 0 Å². The molecule has 0 saturated heterocycles. The standard InChI is InChI=1S/C19H17ClN2O3S/c1-12-3-6-14(7-4-12)25-10-18-22-16(11-26-18)19(23)21-13-5-8-17(24-2)15(20)9-13/h3-9,11H,10H2,1-2H3,(H,21,23). The van der Waals surface area contributed by atoms with E-state index in [0.29, 0.717) is 28.8 Å². The Hall–Kier alpha value is -2.57. The summed E-state index contributed by atoms with van der Waals surface area (Å²) in [6, 6.07) is 12.8. The molecule has 1 aromatic heterocycles. The van der Waals surface area contributed by atoms with Crippen molar-refractivity contribution >= 4 is 34.5 Å². The van der Waals surface area contributed by atoms with Crippen LogP contribution in [-0.4, -0.2) is 18.0 Å². The molecule has 0 radical (unpaired) electrons. The van der Waals surface area contributed by atoms with Gasteiger partial charge in [0.15, 0.2) is 0 Å². The number of halogens is 1.